The van der Waals surface area contributed by atoms with Crippen molar-refractivity contribution in [1.82, 2.24) is 25.5 Å². The van der Waals surface area contributed by atoms with E-state index in [1.54, 1.807) is 0 Å². The van der Waals surface area contributed by atoms with Crippen LogP contribution in [-0.2, 0) is 29.2 Å². The van der Waals surface area contributed by atoms with E-state index in [0.29, 0.717) is 24.0 Å². The van der Waals surface area contributed by atoms with Crippen LogP contribution in [-0.4, -0.2) is 50.5 Å². The largest absolute Gasteiger partial charge is 0.489 e. The second-order valence-corrected chi connectivity index (χ2v) is 10.7. The van der Waals surface area contributed by atoms with Gasteiger partial charge in [0.25, 0.3) is 0 Å². The highest BCUT2D eigenvalue weighted by molar-refractivity contribution is 5.89. The third-order valence-corrected chi connectivity index (χ3v) is 7.33. The van der Waals surface area contributed by atoms with E-state index in [1.165, 1.54) is 17.4 Å². The Morgan fingerprint density at radius 3 is 2.26 bits per heavy atom. The number of rotatable bonds is 14. The molecule has 0 radical (unpaired) electrons. The van der Waals surface area contributed by atoms with Gasteiger partial charge in [0.05, 0.1) is 18.9 Å². The van der Waals surface area contributed by atoms with Crippen LogP contribution >= 0.6 is 0 Å². The number of hydrogen-bond acceptors (Lipinski definition) is 5. The maximum absolute atomic E-state index is 13.8. The van der Waals surface area contributed by atoms with Crippen LogP contribution in [0.5, 0.6) is 5.75 Å². The molecular weight excluding hydrogens is 546 g/mol. The van der Waals surface area contributed by atoms with Crippen molar-refractivity contribution in [3.05, 3.63) is 120 Å². The van der Waals surface area contributed by atoms with Crippen LogP contribution in [0.15, 0.2) is 97.5 Å². The molecule has 1 aromatic heterocycles. The van der Waals surface area contributed by atoms with Crippen molar-refractivity contribution >= 4 is 17.9 Å². The predicted molar refractivity (Wildman–Crippen MR) is 160 cm³/mol. The van der Waals surface area contributed by atoms with Crippen LogP contribution in [0.1, 0.15) is 41.3 Å². The predicted octanol–water partition coefficient (Wildman–Crippen LogP) is 4.46. The molecule has 222 valence electrons. The average Bonchev–Trinajstić information content (AvgIpc) is 3.74. The molecule has 2 atom stereocenters. The van der Waals surface area contributed by atoms with E-state index in [9.17, 15) is 19.5 Å². The number of ether oxygens (including phenoxy) is 1. The van der Waals surface area contributed by atoms with Crippen molar-refractivity contribution < 1.29 is 24.2 Å². The first-order valence-corrected chi connectivity index (χ1v) is 14.3. The zero-order valence-corrected chi connectivity index (χ0v) is 23.7. The zero-order chi connectivity index (χ0) is 30.0. The number of aromatic nitrogens is 2. The molecule has 0 aliphatic heterocycles. The molecule has 5 rings (SSSR count). The summed E-state index contributed by atoms with van der Waals surface area (Å²) in [5.74, 6) is 0.190. The standard InChI is InChI=1S/C33H35N5O5/c39-30(37-31(26-13-14-26)25-9-5-2-6-10-25)20-38(32(40)29(36-33(41)42)17-27-18-34-22-35-27)19-23-11-15-28(16-12-23)43-21-24-7-3-1-4-8-24/h1-12,15-16,18,22,26,29,31,36H,13-14,17,19-21H2,(H,34,35)(H,37,39)(H,41,42). The number of amides is 3. The first-order valence-electron chi connectivity index (χ1n) is 14.3. The van der Waals surface area contributed by atoms with Gasteiger partial charge in [0.1, 0.15) is 18.4 Å². The summed E-state index contributed by atoms with van der Waals surface area (Å²) in [5.41, 5.74) is 3.43. The molecule has 1 heterocycles. The molecule has 4 aromatic rings. The van der Waals surface area contributed by atoms with Crippen molar-refractivity contribution in [3.63, 3.8) is 0 Å². The highest BCUT2D eigenvalue weighted by Crippen LogP contribution is 2.40. The number of hydrogen-bond donors (Lipinski definition) is 4. The minimum absolute atomic E-state index is 0.0598. The fourth-order valence-electron chi connectivity index (χ4n) is 5.01. The zero-order valence-electron chi connectivity index (χ0n) is 23.7. The molecule has 4 N–H and O–H groups in total. The number of nitrogens with one attached hydrogen (secondary N) is 3. The number of benzene rings is 3. The normalized spacial score (nSPS) is 13.9. The van der Waals surface area contributed by atoms with Gasteiger partial charge in [-0.1, -0.05) is 72.8 Å². The minimum atomic E-state index is -1.33. The van der Waals surface area contributed by atoms with Gasteiger partial charge in [-0.25, -0.2) is 9.78 Å². The third kappa shape index (κ3) is 8.68. The van der Waals surface area contributed by atoms with E-state index >= 15 is 0 Å². The van der Waals surface area contributed by atoms with Crippen molar-refractivity contribution in [2.75, 3.05) is 6.54 Å². The van der Waals surface area contributed by atoms with Crippen molar-refractivity contribution in [1.29, 1.82) is 0 Å². The molecule has 3 aromatic carbocycles. The van der Waals surface area contributed by atoms with E-state index in [4.69, 9.17) is 4.74 Å². The summed E-state index contributed by atoms with van der Waals surface area (Å²) < 4.78 is 5.89. The van der Waals surface area contributed by atoms with Crippen LogP contribution in [0, 0.1) is 5.92 Å². The summed E-state index contributed by atoms with van der Waals surface area (Å²) in [6.07, 6.45) is 3.78. The van der Waals surface area contributed by atoms with Crippen LogP contribution in [0.25, 0.3) is 0 Å². The Bertz CT molecular complexity index is 1480. The number of carbonyl (C=O) groups is 3. The number of H-pyrrole nitrogens is 1. The number of imidazole rings is 1. The highest BCUT2D eigenvalue weighted by atomic mass is 16.5. The molecule has 1 fully saturated rings. The summed E-state index contributed by atoms with van der Waals surface area (Å²) in [4.78, 5) is 47.2. The van der Waals surface area contributed by atoms with Gasteiger partial charge in [0.2, 0.25) is 11.8 Å². The fourth-order valence-corrected chi connectivity index (χ4v) is 5.01. The first-order chi connectivity index (χ1) is 20.9. The summed E-state index contributed by atoms with van der Waals surface area (Å²) >= 11 is 0. The maximum Gasteiger partial charge on any atom is 0.405 e. The molecule has 1 aliphatic rings. The second kappa shape index (κ2) is 14.2. The van der Waals surface area contributed by atoms with E-state index in [-0.39, 0.29) is 31.5 Å². The smallest absolute Gasteiger partial charge is 0.405 e. The van der Waals surface area contributed by atoms with Gasteiger partial charge in [-0.2, -0.15) is 0 Å². The number of carboxylic acid groups (broad SMARTS) is 1. The Kier molecular flexibility index (Phi) is 9.68. The minimum Gasteiger partial charge on any atom is -0.489 e. The van der Waals surface area contributed by atoms with Crippen molar-refractivity contribution in [3.8, 4) is 5.75 Å². The molecule has 10 nitrogen and oxygen atoms in total. The van der Waals surface area contributed by atoms with Crippen LogP contribution in [0.3, 0.4) is 0 Å². The van der Waals surface area contributed by atoms with Gasteiger partial charge < -0.3 is 30.4 Å². The van der Waals surface area contributed by atoms with Gasteiger partial charge in [-0.05, 0) is 47.6 Å². The molecule has 0 bridgehead atoms. The van der Waals surface area contributed by atoms with Crippen LogP contribution in [0.4, 0.5) is 4.79 Å². The van der Waals surface area contributed by atoms with E-state index < -0.39 is 18.0 Å². The lowest BCUT2D eigenvalue weighted by molar-refractivity contribution is -0.138. The first kappa shape index (κ1) is 29.4. The molecule has 2 unspecified atom stereocenters. The molecule has 43 heavy (non-hydrogen) atoms. The Labute approximate surface area is 250 Å². The van der Waals surface area contributed by atoms with Gasteiger partial charge in [0, 0.05) is 24.9 Å². The van der Waals surface area contributed by atoms with Crippen molar-refractivity contribution in [2.24, 2.45) is 5.92 Å². The Balaban J connectivity index is 1.31. The lowest BCUT2D eigenvalue weighted by Gasteiger charge is -2.28. The lowest BCUT2D eigenvalue weighted by Crippen LogP contribution is -2.51. The summed E-state index contributed by atoms with van der Waals surface area (Å²) in [5, 5.41) is 14.9. The fraction of sp³-hybridized carbons (Fsp3) is 0.273. The maximum atomic E-state index is 13.8. The highest BCUT2D eigenvalue weighted by Gasteiger charge is 2.34. The van der Waals surface area contributed by atoms with Gasteiger partial charge >= 0.3 is 6.09 Å². The topological polar surface area (TPSA) is 137 Å². The number of carbonyl (C=O) groups excluding carboxylic acids is 2. The van der Waals surface area contributed by atoms with Crippen molar-refractivity contribution in [2.45, 2.75) is 44.5 Å². The Morgan fingerprint density at radius 2 is 1.63 bits per heavy atom. The van der Waals surface area contributed by atoms with E-state index in [1.807, 2.05) is 84.9 Å². The number of nitrogens with zero attached hydrogens (tertiary/aromatic N) is 2. The van der Waals surface area contributed by atoms with Crippen LogP contribution in [0.2, 0.25) is 0 Å². The molecule has 3 amide bonds. The number of aromatic amines is 1. The monoisotopic (exact) mass is 581 g/mol. The van der Waals surface area contributed by atoms with Gasteiger partial charge in [-0.15, -0.1) is 0 Å². The lowest BCUT2D eigenvalue weighted by atomic mass is 10.0. The SMILES string of the molecule is O=C(O)NC(Cc1cnc[nH]1)C(=O)N(CC(=O)NC(c1ccccc1)C1CC1)Cc1ccc(OCc2ccccc2)cc1. The molecule has 0 spiro atoms. The second-order valence-electron chi connectivity index (χ2n) is 10.7. The summed E-state index contributed by atoms with van der Waals surface area (Å²) in [7, 11) is 0. The van der Waals surface area contributed by atoms with Gasteiger partial charge in [-0.3, -0.25) is 9.59 Å². The van der Waals surface area contributed by atoms with E-state index in [2.05, 4.69) is 20.6 Å². The molecule has 10 heteroatoms. The summed E-state index contributed by atoms with van der Waals surface area (Å²) in [6, 6.07) is 25.7. The molecule has 0 saturated heterocycles. The Morgan fingerprint density at radius 1 is 0.930 bits per heavy atom. The quantitative estimate of drug-likeness (QED) is 0.174. The average molecular weight is 582 g/mol. The van der Waals surface area contributed by atoms with Gasteiger partial charge in [0.15, 0.2) is 0 Å². The molecule has 1 saturated carbocycles. The molecular formula is C33H35N5O5. The van der Waals surface area contributed by atoms with Crippen LogP contribution < -0.4 is 15.4 Å². The van der Waals surface area contributed by atoms with E-state index in [0.717, 1.165) is 29.5 Å². The third-order valence-electron chi connectivity index (χ3n) is 7.33. The molecule has 1 aliphatic carbocycles. The Hall–Kier alpha value is -5.12. The summed E-state index contributed by atoms with van der Waals surface area (Å²) in [6.45, 7) is 0.290.